The zero-order valence-electron chi connectivity index (χ0n) is 18.8. The molecule has 1 amide bonds. The number of carbonyl (C=O) groups is 1. The standard InChI is InChI=1S/C24H24N4O4S/c1-14-5-7-16(8-6-14)28-23(30)22-19(11-15(2)25-22)27-24(28)33-13-21(29)26-18-12-17(31-3)9-10-20(18)32-4/h5-12,25H,13H2,1-4H3,(H,26,29). The van der Waals surface area contributed by atoms with Crippen LogP contribution >= 0.6 is 11.8 Å². The van der Waals surface area contributed by atoms with Gasteiger partial charge in [0.15, 0.2) is 5.16 Å². The van der Waals surface area contributed by atoms with Gasteiger partial charge in [-0.25, -0.2) is 4.98 Å². The third kappa shape index (κ3) is 4.73. The van der Waals surface area contributed by atoms with Crippen LogP contribution in [0.25, 0.3) is 16.7 Å². The molecule has 0 unspecified atom stereocenters. The number of ether oxygens (including phenoxy) is 2. The van der Waals surface area contributed by atoms with E-state index in [0.717, 1.165) is 11.3 Å². The Bertz CT molecular complexity index is 1380. The monoisotopic (exact) mass is 464 g/mol. The van der Waals surface area contributed by atoms with Crippen molar-refractivity contribution < 1.29 is 14.3 Å². The molecule has 0 aliphatic carbocycles. The number of hydrogen-bond acceptors (Lipinski definition) is 6. The van der Waals surface area contributed by atoms with Gasteiger partial charge in [-0.2, -0.15) is 0 Å². The minimum Gasteiger partial charge on any atom is -0.497 e. The van der Waals surface area contributed by atoms with Crippen LogP contribution in [0.3, 0.4) is 0 Å². The zero-order chi connectivity index (χ0) is 23.5. The van der Waals surface area contributed by atoms with Crippen LogP contribution in [0.1, 0.15) is 11.3 Å². The number of anilines is 1. The maximum Gasteiger partial charge on any atom is 0.283 e. The Morgan fingerprint density at radius 2 is 1.85 bits per heavy atom. The molecule has 0 aliphatic rings. The van der Waals surface area contributed by atoms with Crippen molar-refractivity contribution in [2.45, 2.75) is 19.0 Å². The summed E-state index contributed by atoms with van der Waals surface area (Å²) < 4.78 is 12.1. The molecule has 2 aromatic carbocycles. The van der Waals surface area contributed by atoms with E-state index in [2.05, 4.69) is 15.3 Å². The van der Waals surface area contributed by atoms with E-state index in [0.29, 0.717) is 39.1 Å². The van der Waals surface area contributed by atoms with E-state index >= 15 is 0 Å². The van der Waals surface area contributed by atoms with Crippen molar-refractivity contribution in [1.29, 1.82) is 0 Å². The van der Waals surface area contributed by atoms with E-state index in [9.17, 15) is 9.59 Å². The van der Waals surface area contributed by atoms with Gasteiger partial charge in [-0.1, -0.05) is 29.5 Å². The fourth-order valence-electron chi connectivity index (χ4n) is 3.42. The van der Waals surface area contributed by atoms with Crippen molar-refractivity contribution in [3.8, 4) is 17.2 Å². The van der Waals surface area contributed by atoms with Gasteiger partial charge in [-0.3, -0.25) is 14.2 Å². The number of aromatic nitrogens is 3. The summed E-state index contributed by atoms with van der Waals surface area (Å²) in [6.45, 7) is 3.86. The van der Waals surface area contributed by atoms with Gasteiger partial charge in [0.2, 0.25) is 5.91 Å². The lowest BCUT2D eigenvalue weighted by molar-refractivity contribution is -0.113. The van der Waals surface area contributed by atoms with Crippen LogP contribution in [-0.4, -0.2) is 40.4 Å². The summed E-state index contributed by atoms with van der Waals surface area (Å²) >= 11 is 1.19. The number of carbonyl (C=O) groups excluding carboxylic acids is 1. The normalized spacial score (nSPS) is 10.9. The molecule has 0 bridgehead atoms. The molecule has 0 saturated carbocycles. The maximum atomic E-state index is 13.3. The smallest absolute Gasteiger partial charge is 0.283 e. The van der Waals surface area contributed by atoms with Gasteiger partial charge < -0.3 is 19.8 Å². The van der Waals surface area contributed by atoms with Crippen molar-refractivity contribution in [3.05, 3.63) is 70.1 Å². The molecule has 4 aromatic rings. The maximum absolute atomic E-state index is 13.3. The second-order valence-corrected chi connectivity index (χ2v) is 8.43. The van der Waals surface area contributed by atoms with Crippen LogP contribution in [0.15, 0.2) is 58.5 Å². The number of nitrogens with one attached hydrogen (secondary N) is 2. The molecule has 2 N–H and O–H groups in total. The lowest BCUT2D eigenvalue weighted by Gasteiger charge is -2.13. The number of H-pyrrole nitrogens is 1. The molecule has 2 aromatic heterocycles. The SMILES string of the molecule is COc1ccc(OC)c(NC(=O)CSc2nc3cc(C)[nH]c3c(=O)n2-c2ccc(C)cc2)c1. The minimum absolute atomic E-state index is 0.0492. The van der Waals surface area contributed by atoms with Crippen LogP contribution in [0.5, 0.6) is 11.5 Å². The Hall–Kier alpha value is -3.72. The van der Waals surface area contributed by atoms with E-state index in [4.69, 9.17) is 9.47 Å². The number of amides is 1. The number of aromatic amines is 1. The van der Waals surface area contributed by atoms with Crippen LogP contribution < -0.4 is 20.3 Å². The summed E-state index contributed by atoms with van der Waals surface area (Å²) in [7, 11) is 3.09. The van der Waals surface area contributed by atoms with Crippen molar-refractivity contribution in [2.24, 2.45) is 0 Å². The fourth-order valence-corrected chi connectivity index (χ4v) is 4.24. The molecule has 2 heterocycles. The van der Waals surface area contributed by atoms with E-state index in [-0.39, 0.29) is 17.2 Å². The lowest BCUT2D eigenvalue weighted by Crippen LogP contribution is -2.23. The number of rotatable bonds is 7. The van der Waals surface area contributed by atoms with E-state index < -0.39 is 0 Å². The lowest BCUT2D eigenvalue weighted by atomic mass is 10.2. The first-order chi connectivity index (χ1) is 15.9. The Labute approximate surface area is 194 Å². The highest BCUT2D eigenvalue weighted by molar-refractivity contribution is 7.99. The molecule has 4 rings (SSSR count). The molecule has 0 radical (unpaired) electrons. The van der Waals surface area contributed by atoms with Gasteiger partial charge in [-0.05, 0) is 44.2 Å². The summed E-state index contributed by atoms with van der Waals surface area (Å²) in [5.74, 6) is 0.907. The fraction of sp³-hybridized carbons (Fsp3) is 0.208. The largest absolute Gasteiger partial charge is 0.497 e. The van der Waals surface area contributed by atoms with Crippen molar-refractivity contribution in [3.63, 3.8) is 0 Å². The summed E-state index contributed by atoms with van der Waals surface area (Å²) in [6.07, 6.45) is 0. The first kappa shape index (κ1) is 22.5. The van der Waals surface area contributed by atoms with Gasteiger partial charge in [0.05, 0.1) is 36.9 Å². The highest BCUT2D eigenvalue weighted by atomic mass is 32.2. The van der Waals surface area contributed by atoms with Gasteiger partial charge in [0.25, 0.3) is 5.56 Å². The van der Waals surface area contributed by atoms with Gasteiger partial charge in [0, 0.05) is 11.8 Å². The Morgan fingerprint density at radius 3 is 2.55 bits per heavy atom. The average Bonchev–Trinajstić information content (AvgIpc) is 3.19. The first-order valence-electron chi connectivity index (χ1n) is 10.2. The zero-order valence-corrected chi connectivity index (χ0v) is 19.6. The molecule has 8 nitrogen and oxygen atoms in total. The van der Waals surface area contributed by atoms with Crippen molar-refractivity contribution >= 4 is 34.4 Å². The van der Waals surface area contributed by atoms with Crippen LogP contribution in [0, 0.1) is 13.8 Å². The molecular weight excluding hydrogens is 440 g/mol. The summed E-state index contributed by atoms with van der Waals surface area (Å²) in [5.41, 5.74) is 3.90. The number of fused-ring (bicyclic) bond motifs is 1. The third-order valence-corrected chi connectivity index (χ3v) is 6.00. The van der Waals surface area contributed by atoms with Crippen LogP contribution in [0.2, 0.25) is 0 Å². The third-order valence-electron chi connectivity index (χ3n) is 5.06. The number of hydrogen-bond donors (Lipinski definition) is 2. The van der Waals surface area contributed by atoms with Crippen molar-refractivity contribution in [2.75, 3.05) is 25.3 Å². The number of benzene rings is 2. The molecule has 0 fully saturated rings. The second-order valence-electron chi connectivity index (χ2n) is 7.49. The number of thioether (sulfide) groups is 1. The molecule has 170 valence electrons. The summed E-state index contributed by atoms with van der Waals surface area (Å²) in [6, 6.07) is 14.6. The predicted octanol–water partition coefficient (Wildman–Crippen LogP) is 4.08. The van der Waals surface area contributed by atoms with Crippen molar-refractivity contribution in [1.82, 2.24) is 14.5 Å². The first-order valence-corrected chi connectivity index (χ1v) is 11.2. The highest BCUT2D eigenvalue weighted by Crippen LogP contribution is 2.29. The van der Waals surface area contributed by atoms with Gasteiger partial charge >= 0.3 is 0 Å². The van der Waals surface area contributed by atoms with Gasteiger partial charge in [0.1, 0.15) is 17.0 Å². The molecule has 0 aliphatic heterocycles. The second kappa shape index (κ2) is 9.41. The quantitative estimate of drug-likeness (QED) is 0.316. The molecule has 33 heavy (non-hydrogen) atoms. The van der Waals surface area contributed by atoms with E-state index in [1.807, 2.05) is 44.2 Å². The predicted molar refractivity (Wildman–Crippen MR) is 130 cm³/mol. The molecule has 0 atom stereocenters. The van der Waals surface area contributed by atoms with Crippen LogP contribution in [0.4, 0.5) is 5.69 Å². The number of aryl methyl sites for hydroxylation is 2. The molecule has 0 spiro atoms. The Balaban J connectivity index is 1.64. The van der Waals surface area contributed by atoms with Crippen LogP contribution in [-0.2, 0) is 4.79 Å². The van der Waals surface area contributed by atoms with Gasteiger partial charge in [-0.15, -0.1) is 0 Å². The number of methoxy groups -OCH3 is 2. The molecular formula is C24H24N4O4S. The molecule has 0 saturated heterocycles. The average molecular weight is 465 g/mol. The Kier molecular flexibility index (Phi) is 6.41. The van der Waals surface area contributed by atoms with E-state index in [1.165, 1.54) is 23.4 Å². The molecule has 9 heteroatoms. The Morgan fingerprint density at radius 1 is 1.09 bits per heavy atom. The van der Waals surface area contributed by atoms with E-state index in [1.54, 1.807) is 25.3 Å². The minimum atomic E-state index is -0.262. The number of nitrogens with zero attached hydrogens (tertiary/aromatic N) is 2. The summed E-state index contributed by atoms with van der Waals surface area (Å²) in [4.78, 5) is 33.8. The summed E-state index contributed by atoms with van der Waals surface area (Å²) in [5, 5.41) is 3.28. The topological polar surface area (TPSA) is 98.2 Å². The highest BCUT2D eigenvalue weighted by Gasteiger charge is 2.17.